The summed E-state index contributed by atoms with van der Waals surface area (Å²) in [5.41, 5.74) is -0.429. The number of carbonyl (C=O) groups excluding carboxylic acids is 1. The Labute approximate surface area is 140 Å². The van der Waals surface area contributed by atoms with E-state index in [2.05, 4.69) is 10.4 Å². The minimum absolute atomic E-state index is 0.385. The molecule has 24 heavy (non-hydrogen) atoms. The summed E-state index contributed by atoms with van der Waals surface area (Å²) in [6.07, 6.45) is -6.04. The molecule has 0 radical (unpaired) electrons. The number of hydrogen-bond donors (Lipinski definition) is 1. The molecule has 0 saturated carbocycles. The summed E-state index contributed by atoms with van der Waals surface area (Å²) >= 11 is 5.85. The normalized spacial score (nSPS) is 12.7. The smallest absolute Gasteiger partial charge is 0.282 e. The lowest BCUT2D eigenvalue weighted by Gasteiger charge is -2.16. The van der Waals surface area contributed by atoms with E-state index in [1.54, 1.807) is 19.1 Å². The zero-order valence-electron chi connectivity index (χ0n) is 12.7. The van der Waals surface area contributed by atoms with E-state index in [-0.39, 0.29) is 0 Å². The molecule has 1 unspecified atom stereocenters. The van der Waals surface area contributed by atoms with Crippen molar-refractivity contribution >= 4 is 23.2 Å². The number of aromatic nitrogens is 2. The molecule has 1 atom stereocenters. The molecule has 2 rings (SSSR count). The van der Waals surface area contributed by atoms with E-state index >= 15 is 0 Å². The SMILES string of the molecule is Cc1ccc(Cl)cc1NC(=O)C(C)n1nc(C(F)F)cc1C(F)F. The number of aryl methyl sites for hydroxylation is 1. The number of alkyl halides is 4. The number of anilines is 1. The summed E-state index contributed by atoms with van der Waals surface area (Å²) in [6, 6.07) is 4.20. The maximum absolute atomic E-state index is 13.0. The van der Waals surface area contributed by atoms with Crippen molar-refractivity contribution in [2.45, 2.75) is 32.7 Å². The minimum atomic E-state index is -3.03. The number of carbonyl (C=O) groups is 1. The first kappa shape index (κ1) is 18.3. The molecule has 0 aliphatic heterocycles. The van der Waals surface area contributed by atoms with Crippen LogP contribution in [0.3, 0.4) is 0 Å². The van der Waals surface area contributed by atoms with Crippen molar-refractivity contribution in [3.05, 3.63) is 46.2 Å². The molecule has 0 bridgehead atoms. The van der Waals surface area contributed by atoms with Crippen LogP contribution in [0.25, 0.3) is 0 Å². The largest absolute Gasteiger partial charge is 0.324 e. The van der Waals surface area contributed by atoms with Crippen LogP contribution >= 0.6 is 11.6 Å². The Bertz CT molecular complexity index is 748. The highest BCUT2D eigenvalue weighted by molar-refractivity contribution is 6.31. The van der Waals surface area contributed by atoms with Gasteiger partial charge >= 0.3 is 0 Å². The quantitative estimate of drug-likeness (QED) is 0.766. The van der Waals surface area contributed by atoms with E-state index in [1.165, 1.54) is 13.0 Å². The predicted octanol–water partition coefficient (Wildman–Crippen LogP) is 4.92. The number of halogens is 5. The molecule has 1 aromatic heterocycles. The van der Waals surface area contributed by atoms with Crippen LogP contribution < -0.4 is 5.32 Å². The summed E-state index contributed by atoms with van der Waals surface area (Å²) in [4.78, 5) is 12.3. The third kappa shape index (κ3) is 3.87. The number of rotatable bonds is 5. The molecule has 2 aromatic rings. The van der Waals surface area contributed by atoms with Gasteiger partial charge in [-0.2, -0.15) is 5.10 Å². The van der Waals surface area contributed by atoms with E-state index in [0.29, 0.717) is 27.0 Å². The second-order valence-electron chi connectivity index (χ2n) is 5.16. The van der Waals surface area contributed by atoms with Crippen LogP contribution in [0.1, 0.15) is 42.8 Å². The maximum atomic E-state index is 13.0. The molecule has 9 heteroatoms. The Morgan fingerprint density at radius 3 is 2.46 bits per heavy atom. The molecular formula is C15H14ClF4N3O. The maximum Gasteiger partial charge on any atom is 0.282 e. The Balaban J connectivity index is 2.29. The molecule has 1 amide bonds. The molecule has 0 spiro atoms. The van der Waals surface area contributed by atoms with Gasteiger partial charge in [-0.1, -0.05) is 17.7 Å². The van der Waals surface area contributed by atoms with E-state index in [0.717, 1.165) is 0 Å². The number of amides is 1. The highest BCUT2D eigenvalue weighted by Gasteiger charge is 2.27. The van der Waals surface area contributed by atoms with Crippen molar-refractivity contribution in [2.24, 2.45) is 0 Å². The van der Waals surface area contributed by atoms with Crippen LogP contribution in [0.15, 0.2) is 24.3 Å². The molecule has 4 nitrogen and oxygen atoms in total. The van der Waals surface area contributed by atoms with Gasteiger partial charge in [0.25, 0.3) is 12.9 Å². The summed E-state index contributed by atoms with van der Waals surface area (Å²) in [5, 5.41) is 6.36. The first-order valence-electron chi connectivity index (χ1n) is 6.93. The second kappa shape index (κ2) is 7.21. The Hall–Kier alpha value is -2.09. The Morgan fingerprint density at radius 1 is 1.21 bits per heavy atom. The summed E-state index contributed by atoms with van der Waals surface area (Å²) in [6.45, 7) is 3.02. The van der Waals surface area contributed by atoms with Crippen molar-refractivity contribution in [1.82, 2.24) is 9.78 Å². The van der Waals surface area contributed by atoms with Gasteiger partial charge in [-0.05, 0) is 37.6 Å². The number of nitrogens with zero attached hydrogens (tertiary/aromatic N) is 2. The minimum Gasteiger partial charge on any atom is -0.324 e. The molecule has 1 aromatic carbocycles. The lowest BCUT2D eigenvalue weighted by atomic mass is 10.2. The fourth-order valence-electron chi connectivity index (χ4n) is 2.09. The molecule has 130 valence electrons. The van der Waals surface area contributed by atoms with Gasteiger partial charge < -0.3 is 5.32 Å². The number of benzene rings is 1. The van der Waals surface area contributed by atoms with Crippen LogP contribution in [-0.2, 0) is 4.79 Å². The van der Waals surface area contributed by atoms with E-state index in [1.807, 2.05) is 0 Å². The molecule has 0 saturated heterocycles. The van der Waals surface area contributed by atoms with Gasteiger partial charge in [-0.25, -0.2) is 17.6 Å². The lowest BCUT2D eigenvalue weighted by Crippen LogP contribution is -2.26. The molecule has 0 fully saturated rings. The molecular weight excluding hydrogens is 350 g/mol. The topological polar surface area (TPSA) is 46.9 Å². The summed E-state index contributed by atoms with van der Waals surface area (Å²) < 4.78 is 52.0. The second-order valence-corrected chi connectivity index (χ2v) is 5.60. The van der Waals surface area contributed by atoms with Crippen LogP contribution in [0.4, 0.5) is 23.2 Å². The summed E-state index contributed by atoms with van der Waals surface area (Å²) in [5.74, 6) is -0.675. The molecule has 0 aliphatic rings. The van der Waals surface area contributed by atoms with Gasteiger partial charge in [0.05, 0.1) is 0 Å². The van der Waals surface area contributed by atoms with Gasteiger partial charge in [0.2, 0.25) is 5.91 Å². The van der Waals surface area contributed by atoms with Gasteiger partial charge in [-0.15, -0.1) is 0 Å². The van der Waals surface area contributed by atoms with Gasteiger partial charge in [0.15, 0.2) is 0 Å². The first-order chi connectivity index (χ1) is 11.2. The third-order valence-electron chi connectivity index (χ3n) is 3.43. The van der Waals surface area contributed by atoms with Crippen LogP contribution in [0, 0.1) is 6.92 Å². The van der Waals surface area contributed by atoms with Crippen molar-refractivity contribution in [3.8, 4) is 0 Å². The zero-order chi connectivity index (χ0) is 18.0. The van der Waals surface area contributed by atoms with Crippen LogP contribution in [0.2, 0.25) is 5.02 Å². The van der Waals surface area contributed by atoms with Gasteiger partial charge in [0.1, 0.15) is 17.4 Å². The third-order valence-corrected chi connectivity index (χ3v) is 3.67. The average Bonchev–Trinajstić information content (AvgIpc) is 2.95. The molecule has 1 heterocycles. The Morgan fingerprint density at radius 2 is 1.88 bits per heavy atom. The van der Waals surface area contributed by atoms with Gasteiger partial charge in [-0.3, -0.25) is 9.48 Å². The Kier molecular flexibility index (Phi) is 5.48. The van der Waals surface area contributed by atoms with Gasteiger partial charge in [0, 0.05) is 10.7 Å². The average molecular weight is 364 g/mol. The van der Waals surface area contributed by atoms with Crippen molar-refractivity contribution in [1.29, 1.82) is 0 Å². The van der Waals surface area contributed by atoms with E-state index < -0.39 is 36.2 Å². The fraction of sp³-hybridized carbons (Fsp3) is 0.333. The highest BCUT2D eigenvalue weighted by atomic mass is 35.5. The monoisotopic (exact) mass is 363 g/mol. The fourth-order valence-corrected chi connectivity index (χ4v) is 2.26. The lowest BCUT2D eigenvalue weighted by molar-refractivity contribution is -0.119. The molecule has 0 aliphatic carbocycles. The zero-order valence-corrected chi connectivity index (χ0v) is 13.5. The predicted molar refractivity (Wildman–Crippen MR) is 81.7 cm³/mol. The molecule has 1 N–H and O–H groups in total. The summed E-state index contributed by atoms with van der Waals surface area (Å²) in [7, 11) is 0. The van der Waals surface area contributed by atoms with Crippen molar-refractivity contribution in [2.75, 3.05) is 5.32 Å². The standard InChI is InChI=1S/C15H14ClF4N3O/c1-7-3-4-9(16)5-10(7)21-15(24)8(2)23-12(14(19)20)6-11(22-23)13(17)18/h3-6,8,13-14H,1-2H3,(H,21,24). The van der Waals surface area contributed by atoms with E-state index in [4.69, 9.17) is 11.6 Å². The number of nitrogens with one attached hydrogen (secondary N) is 1. The first-order valence-corrected chi connectivity index (χ1v) is 7.31. The van der Waals surface area contributed by atoms with Crippen molar-refractivity contribution in [3.63, 3.8) is 0 Å². The van der Waals surface area contributed by atoms with E-state index in [9.17, 15) is 22.4 Å². The highest BCUT2D eigenvalue weighted by Crippen LogP contribution is 2.28. The van der Waals surface area contributed by atoms with Crippen LogP contribution in [0.5, 0.6) is 0 Å². The van der Waals surface area contributed by atoms with Crippen LogP contribution in [-0.4, -0.2) is 15.7 Å². The van der Waals surface area contributed by atoms with Crippen molar-refractivity contribution < 1.29 is 22.4 Å². The number of hydrogen-bond acceptors (Lipinski definition) is 2.